The molecule has 2 aromatic heterocycles. The van der Waals surface area contributed by atoms with Crippen LogP contribution in [0.15, 0.2) is 36.5 Å². The van der Waals surface area contributed by atoms with Crippen molar-refractivity contribution in [1.82, 2.24) is 9.97 Å². The third-order valence-electron chi connectivity index (χ3n) is 2.86. The average molecular weight is 286 g/mol. The Hall–Kier alpha value is -2.34. The van der Waals surface area contributed by atoms with Gasteiger partial charge in [0, 0.05) is 24.5 Å². The van der Waals surface area contributed by atoms with Gasteiger partial charge in [-0.3, -0.25) is 0 Å². The number of methoxy groups -OCH3 is 1. The Morgan fingerprint density at radius 2 is 2.20 bits per heavy atom. The fourth-order valence-corrected chi connectivity index (χ4v) is 2.78. The number of thiazole rings is 1. The van der Waals surface area contributed by atoms with Gasteiger partial charge < -0.3 is 15.8 Å². The van der Waals surface area contributed by atoms with E-state index < -0.39 is 0 Å². The van der Waals surface area contributed by atoms with Crippen LogP contribution in [0.3, 0.4) is 0 Å². The van der Waals surface area contributed by atoms with Gasteiger partial charge in [-0.15, -0.1) is 0 Å². The van der Waals surface area contributed by atoms with Crippen LogP contribution in [0.25, 0.3) is 10.2 Å². The minimum atomic E-state index is 0.612. The molecule has 0 fully saturated rings. The van der Waals surface area contributed by atoms with Crippen LogP contribution < -0.4 is 15.8 Å². The molecule has 0 unspecified atom stereocenters. The minimum Gasteiger partial charge on any atom is -0.481 e. The zero-order valence-electron chi connectivity index (χ0n) is 11.0. The predicted octanol–water partition coefficient (Wildman–Crippen LogP) is 2.89. The molecule has 0 aliphatic heterocycles. The van der Waals surface area contributed by atoms with Gasteiger partial charge in [0.05, 0.1) is 17.3 Å². The van der Waals surface area contributed by atoms with Crippen molar-refractivity contribution in [2.24, 2.45) is 0 Å². The number of nitrogens with one attached hydrogen (secondary N) is 1. The van der Waals surface area contributed by atoms with Crippen molar-refractivity contribution in [2.75, 3.05) is 18.2 Å². The van der Waals surface area contributed by atoms with Gasteiger partial charge in [0.2, 0.25) is 5.88 Å². The molecule has 0 bridgehead atoms. The van der Waals surface area contributed by atoms with Crippen LogP contribution >= 0.6 is 11.3 Å². The molecule has 0 atom stereocenters. The molecule has 6 heteroatoms. The maximum absolute atomic E-state index is 5.77. The number of aromatic nitrogens is 2. The maximum Gasteiger partial charge on any atom is 0.213 e. The lowest BCUT2D eigenvalue weighted by Crippen LogP contribution is -1.99. The van der Waals surface area contributed by atoms with Crippen LogP contribution in [0.4, 0.5) is 10.8 Å². The molecule has 0 aliphatic rings. The van der Waals surface area contributed by atoms with Crippen LogP contribution in [0.5, 0.6) is 5.88 Å². The molecule has 3 aromatic rings. The molecule has 0 aliphatic carbocycles. The van der Waals surface area contributed by atoms with Crippen molar-refractivity contribution >= 4 is 32.4 Å². The molecule has 20 heavy (non-hydrogen) atoms. The van der Waals surface area contributed by atoms with Gasteiger partial charge in [0.15, 0.2) is 5.13 Å². The van der Waals surface area contributed by atoms with Crippen molar-refractivity contribution in [3.63, 3.8) is 0 Å². The second-order valence-electron chi connectivity index (χ2n) is 4.31. The van der Waals surface area contributed by atoms with Crippen molar-refractivity contribution in [1.29, 1.82) is 0 Å². The molecule has 0 saturated heterocycles. The molecule has 0 radical (unpaired) electrons. The second-order valence-corrected chi connectivity index (χ2v) is 5.34. The number of nitrogens with two attached hydrogens (primary N) is 1. The highest BCUT2D eigenvalue weighted by Gasteiger charge is 2.04. The number of ether oxygens (including phenoxy) is 1. The first-order valence-corrected chi connectivity index (χ1v) is 6.95. The highest BCUT2D eigenvalue weighted by molar-refractivity contribution is 7.22. The number of hydrogen-bond acceptors (Lipinski definition) is 6. The lowest BCUT2D eigenvalue weighted by molar-refractivity contribution is 0.397. The Balaban J connectivity index is 1.76. The Labute approximate surface area is 120 Å². The zero-order chi connectivity index (χ0) is 13.9. The topological polar surface area (TPSA) is 73.1 Å². The van der Waals surface area contributed by atoms with Gasteiger partial charge in [-0.05, 0) is 29.8 Å². The van der Waals surface area contributed by atoms with Crippen molar-refractivity contribution in [2.45, 2.75) is 6.54 Å². The van der Waals surface area contributed by atoms with Crippen molar-refractivity contribution in [3.05, 3.63) is 42.1 Å². The molecular formula is C14H14N4OS. The SMILES string of the molecule is COc1cc(CNc2nc3ccc(N)cc3s2)ccn1. The van der Waals surface area contributed by atoms with E-state index in [1.54, 1.807) is 24.6 Å². The van der Waals surface area contributed by atoms with E-state index in [2.05, 4.69) is 15.3 Å². The summed E-state index contributed by atoms with van der Waals surface area (Å²) in [5, 5.41) is 4.18. The Bertz CT molecular complexity index is 741. The van der Waals surface area contributed by atoms with Crippen LogP contribution in [0.2, 0.25) is 0 Å². The smallest absolute Gasteiger partial charge is 0.213 e. The summed E-state index contributed by atoms with van der Waals surface area (Å²) in [6.45, 7) is 0.675. The monoisotopic (exact) mass is 286 g/mol. The van der Waals surface area contributed by atoms with E-state index in [9.17, 15) is 0 Å². The normalized spacial score (nSPS) is 10.7. The molecule has 3 rings (SSSR count). The predicted molar refractivity (Wildman–Crippen MR) is 82.1 cm³/mol. The van der Waals surface area contributed by atoms with Gasteiger partial charge in [0.1, 0.15) is 0 Å². The van der Waals surface area contributed by atoms with Gasteiger partial charge in [-0.25, -0.2) is 9.97 Å². The van der Waals surface area contributed by atoms with Crippen LogP contribution in [-0.4, -0.2) is 17.1 Å². The number of benzene rings is 1. The van der Waals surface area contributed by atoms with E-state index in [0.717, 1.165) is 26.6 Å². The number of anilines is 2. The number of pyridine rings is 1. The number of rotatable bonds is 4. The van der Waals surface area contributed by atoms with Gasteiger partial charge >= 0.3 is 0 Å². The number of fused-ring (bicyclic) bond motifs is 1. The second kappa shape index (κ2) is 5.34. The minimum absolute atomic E-state index is 0.612. The van der Waals surface area contributed by atoms with E-state index >= 15 is 0 Å². The largest absolute Gasteiger partial charge is 0.481 e. The fourth-order valence-electron chi connectivity index (χ4n) is 1.87. The fraction of sp³-hybridized carbons (Fsp3) is 0.143. The quantitative estimate of drug-likeness (QED) is 0.721. The lowest BCUT2D eigenvalue weighted by Gasteiger charge is -2.04. The first-order valence-electron chi connectivity index (χ1n) is 6.13. The van der Waals surface area contributed by atoms with E-state index in [0.29, 0.717) is 12.4 Å². The average Bonchev–Trinajstić information content (AvgIpc) is 2.87. The third-order valence-corrected chi connectivity index (χ3v) is 3.84. The van der Waals surface area contributed by atoms with E-state index in [4.69, 9.17) is 10.5 Å². The molecule has 5 nitrogen and oxygen atoms in total. The summed E-state index contributed by atoms with van der Waals surface area (Å²) in [6, 6.07) is 9.58. The standard InChI is InChI=1S/C14H14N4OS/c1-19-13-6-9(4-5-16-13)8-17-14-18-11-3-2-10(15)7-12(11)20-14/h2-7H,8,15H2,1H3,(H,17,18). The van der Waals surface area contributed by atoms with E-state index in [1.165, 1.54) is 0 Å². The van der Waals surface area contributed by atoms with Crippen LogP contribution in [0.1, 0.15) is 5.56 Å². The number of nitrogen functional groups attached to an aromatic ring is 1. The maximum atomic E-state index is 5.77. The Morgan fingerprint density at radius 3 is 3.05 bits per heavy atom. The van der Waals surface area contributed by atoms with Crippen LogP contribution in [-0.2, 0) is 6.54 Å². The summed E-state index contributed by atoms with van der Waals surface area (Å²) in [6.07, 6.45) is 1.73. The molecule has 102 valence electrons. The molecule has 0 amide bonds. The molecule has 3 N–H and O–H groups in total. The van der Waals surface area contributed by atoms with E-state index in [1.807, 2.05) is 30.3 Å². The van der Waals surface area contributed by atoms with Crippen molar-refractivity contribution < 1.29 is 4.74 Å². The summed E-state index contributed by atoms with van der Waals surface area (Å²) in [5.74, 6) is 0.612. The third kappa shape index (κ3) is 2.65. The zero-order valence-corrected chi connectivity index (χ0v) is 11.8. The van der Waals surface area contributed by atoms with Gasteiger partial charge in [-0.2, -0.15) is 0 Å². The molecule has 1 aromatic carbocycles. The van der Waals surface area contributed by atoms with Crippen LogP contribution in [0, 0.1) is 0 Å². The summed E-state index contributed by atoms with van der Waals surface area (Å²) in [7, 11) is 1.61. The highest BCUT2D eigenvalue weighted by Crippen LogP contribution is 2.27. The Morgan fingerprint density at radius 1 is 1.30 bits per heavy atom. The van der Waals surface area contributed by atoms with Crippen molar-refractivity contribution in [3.8, 4) is 5.88 Å². The summed E-state index contributed by atoms with van der Waals surface area (Å²) in [5.41, 5.74) is 8.57. The number of hydrogen-bond donors (Lipinski definition) is 2. The first kappa shape index (κ1) is 12.7. The summed E-state index contributed by atoms with van der Waals surface area (Å²) >= 11 is 1.59. The summed E-state index contributed by atoms with van der Waals surface area (Å²) < 4.78 is 6.19. The lowest BCUT2D eigenvalue weighted by atomic mass is 10.2. The molecular weight excluding hydrogens is 272 g/mol. The molecule has 2 heterocycles. The molecule has 0 saturated carbocycles. The van der Waals surface area contributed by atoms with Gasteiger partial charge in [-0.1, -0.05) is 11.3 Å². The Kier molecular flexibility index (Phi) is 3.39. The van der Waals surface area contributed by atoms with E-state index in [-0.39, 0.29) is 0 Å². The van der Waals surface area contributed by atoms with Gasteiger partial charge in [0.25, 0.3) is 0 Å². The highest BCUT2D eigenvalue weighted by atomic mass is 32.1. The summed E-state index contributed by atoms with van der Waals surface area (Å²) in [4.78, 5) is 8.60. The number of nitrogens with zero attached hydrogens (tertiary/aromatic N) is 2. The first-order chi connectivity index (χ1) is 9.74. The molecule has 0 spiro atoms.